The predicted molar refractivity (Wildman–Crippen MR) is 142 cm³/mol. The van der Waals surface area contributed by atoms with Gasteiger partial charge >= 0.3 is 7.60 Å². The van der Waals surface area contributed by atoms with Crippen LogP contribution in [0.15, 0.2) is 34.9 Å². The van der Waals surface area contributed by atoms with Crippen LogP contribution in [-0.2, 0) is 4.57 Å². The van der Waals surface area contributed by atoms with Crippen LogP contribution in [0.3, 0.4) is 0 Å². The van der Waals surface area contributed by atoms with E-state index in [1.165, 1.54) is 57.4 Å². The Bertz CT molecular complexity index is 1240. The van der Waals surface area contributed by atoms with Crippen molar-refractivity contribution >= 4 is 24.7 Å². The molecule has 0 radical (unpaired) electrons. The molecule has 6 rings (SSSR count). The highest BCUT2D eigenvalue weighted by molar-refractivity contribution is 7.55. The number of para-hydroxylation sites is 2. The van der Waals surface area contributed by atoms with Crippen molar-refractivity contribution in [3.8, 4) is 0 Å². The molecule has 4 bridgehead atoms. The lowest BCUT2D eigenvalue weighted by Crippen LogP contribution is -2.58. The van der Waals surface area contributed by atoms with Gasteiger partial charge in [-0.2, -0.15) is 0 Å². The van der Waals surface area contributed by atoms with E-state index in [0.29, 0.717) is 23.6 Å². The molecule has 194 valence electrons. The summed E-state index contributed by atoms with van der Waals surface area (Å²) in [5.41, 5.74) is 1.34. The number of hydrogen-bond acceptors (Lipinski definition) is 4. The molecule has 2 aliphatic carbocycles. The third-order valence-corrected chi connectivity index (χ3v) is 9.93. The second-order valence-electron chi connectivity index (χ2n) is 12.0. The van der Waals surface area contributed by atoms with Gasteiger partial charge in [0.25, 0.3) is 5.56 Å². The zero-order valence-corrected chi connectivity index (χ0v) is 22.0. The molecule has 4 fully saturated rings. The molecule has 7 nitrogen and oxygen atoms in total. The Morgan fingerprint density at radius 3 is 2.25 bits per heavy atom. The highest BCUT2D eigenvalue weighted by Gasteiger charge is 2.46. The third kappa shape index (κ3) is 4.76. The topological polar surface area (TPSA) is 95.7 Å². The van der Waals surface area contributed by atoms with Crippen molar-refractivity contribution in [2.24, 2.45) is 17.8 Å². The van der Waals surface area contributed by atoms with Crippen molar-refractivity contribution in [2.75, 3.05) is 0 Å². The van der Waals surface area contributed by atoms with Crippen molar-refractivity contribution < 1.29 is 14.4 Å². The molecule has 2 saturated carbocycles. The van der Waals surface area contributed by atoms with E-state index in [2.05, 4.69) is 16.8 Å². The van der Waals surface area contributed by atoms with Crippen LogP contribution in [0.5, 0.6) is 0 Å². The summed E-state index contributed by atoms with van der Waals surface area (Å²) in [4.78, 5) is 39.6. The van der Waals surface area contributed by atoms with Gasteiger partial charge in [-0.15, -0.1) is 0 Å². The Morgan fingerprint density at radius 1 is 0.917 bits per heavy atom. The lowest BCUT2D eigenvalue weighted by atomic mass is 9.65. The summed E-state index contributed by atoms with van der Waals surface area (Å²) in [6, 6.07) is 9.39. The zero-order chi connectivity index (χ0) is 25.0. The minimum Gasteiger partial charge on any atom is -0.321 e. The van der Waals surface area contributed by atoms with Crippen LogP contribution in [0.2, 0.25) is 0 Å². The number of hydrogen-bond donors (Lipinski definition) is 2. The van der Waals surface area contributed by atoms with E-state index in [1.54, 1.807) is 0 Å². The van der Waals surface area contributed by atoms with Gasteiger partial charge in [-0.3, -0.25) is 14.3 Å². The SMILES string of the molecule is C[C@@H]1C[C@@H]2C[C@H](C1)C[C@@H](N1[C@@H]3CCC[C@H]1C[C@@H](n1c(=O)c(/C=C/P(=O)(O)O)nc4ccccc41)C3)C2. The van der Waals surface area contributed by atoms with E-state index < -0.39 is 7.60 Å². The molecule has 2 aliphatic heterocycles. The number of aromatic nitrogens is 2. The van der Waals surface area contributed by atoms with Gasteiger partial charge in [0.05, 0.1) is 11.0 Å². The van der Waals surface area contributed by atoms with Gasteiger partial charge < -0.3 is 14.4 Å². The largest absolute Gasteiger partial charge is 0.349 e. The minimum absolute atomic E-state index is 0.0715. The second-order valence-corrected chi connectivity index (χ2v) is 13.5. The van der Waals surface area contributed by atoms with Gasteiger partial charge in [0.15, 0.2) is 0 Å². The highest BCUT2D eigenvalue weighted by Crippen LogP contribution is 2.48. The van der Waals surface area contributed by atoms with Crippen LogP contribution in [0.1, 0.15) is 82.9 Å². The van der Waals surface area contributed by atoms with E-state index in [0.717, 1.165) is 41.9 Å². The number of fused-ring (bicyclic) bond motifs is 5. The van der Waals surface area contributed by atoms with Crippen LogP contribution in [0.4, 0.5) is 0 Å². The first-order chi connectivity index (χ1) is 17.2. The van der Waals surface area contributed by atoms with E-state index in [-0.39, 0.29) is 17.3 Å². The molecule has 8 heteroatoms. The molecular weight excluding hydrogens is 473 g/mol. The van der Waals surface area contributed by atoms with Gasteiger partial charge in [-0.25, -0.2) is 4.98 Å². The van der Waals surface area contributed by atoms with Crippen LogP contribution < -0.4 is 5.56 Å². The fraction of sp³-hybridized carbons (Fsp3) is 0.643. The molecule has 0 amide bonds. The molecular formula is C28H38N3O4P. The molecule has 1 aromatic carbocycles. The fourth-order valence-electron chi connectivity index (χ4n) is 8.40. The van der Waals surface area contributed by atoms with Gasteiger partial charge in [0, 0.05) is 30.0 Å². The van der Waals surface area contributed by atoms with Crippen LogP contribution in [-0.4, -0.2) is 42.4 Å². The number of benzene rings is 1. The van der Waals surface area contributed by atoms with Crippen molar-refractivity contribution in [2.45, 2.75) is 95.3 Å². The summed E-state index contributed by atoms with van der Waals surface area (Å²) in [6.07, 6.45) is 13.6. The van der Waals surface area contributed by atoms with Crippen molar-refractivity contribution in [1.82, 2.24) is 14.5 Å². The molecule has 7 atom stereocenters. The summed E-state index contributed by atoms with van der Waals surface area (Å²) in [7, 11) is -4.39. The number of rotatable bonds is 4. The van der Waals surface area contributed by atoms with E-state index >= 15 is 0 Å². The summed E-state index contributed by atoms with van der Waals surface area (Å²) in [6.45, 7) is 2.43. The monoisotopic (exact) mass is 511 g/mol. The predicted octanol–water partition coefficient (Wildman–Crippen LogP) is 5.32. The first-order valence-electron chi connectivity index (χ1n) is 13.8. The smallest absolute Gasteiger partial charge is 0.321 e. The van der Waals surface area contributed by atoms with Gasteiger partial charge in [0.1, 0.15) is 5.69 Å². The van der Waals surface area contributed by atoms with Crippen molar-refractivity contribution in [3.05, 3.63) is 46.1 Å². The maximum atomic E-state index is 13.6. The van der Waals surface area contributed by atoms with E-state index in [4.69, 9.17) is 0 Å². The van der Waals surface area contributed by atoms with Crippen molar-refractivity contribution in [3.63, 3.8) is 0 Å². The van der Waals surface area contributed by atoms with Crippen LogP contribution >= 0.6 is 7.60 Å². The molecule has 2 aromatic rings. The van der Waals surface area contributed by atoms with Gasteiger partial charge in [-0.1, -0.05) is 25.5 Å². The number of piperidine rings is 2. The molecule has 36 heavy (non-hydrogen) atoms. The summed E-state index contributed by atoms with van der Waals surface area (Å²) < 4.78 is 13.3. The maximum Gasteiger partial charge on any atom is 0.349 e. The van der Waals surface area contributed by atoms with Crippen molar-refractivity contribution in [1.29, 1.82) is 0 Å². The average molecular weight is 512 g/mol. The second kappa shape index (κ2) is 9.50. The molecule has 3 heterocycles. The lowest BCUT2D eigenvalue weighted by Gasteiger charge is -2.55. The molecule has 1 aromatic heterocycles. The van der Waals surface area contributed by atoms with E-state index in [1.807, 2.05) is 28.8 Å². The summed E-state index contributed by atoms with van der Waals surface area (Å²) >= 11 is 0. The Kier molecular flexibility index (Phi) is 6.48. The maximum absolute atomic E-state index is 13.6. The summed E-state index contributed by atoms with van der Waals surface area (Å²) in [5, 5.41) is 0. The molecule has 0 spiro atoms. The molecule has 2 N–H and O–H groups in total. The van der Waals surface area contributed by atoms with E-state index in [9.17, 15) is 19.1 Å². The lowest BCUT2D eigenvalue weighted by molar-refractivity contribution is -0.0524. The van der Waals surface area contributed by atoms with Crippen LogP contribution in [0.25, 0.3) is 17.1 Å². The Labute approximate surface area is 212 Å². The number of nitrogens with zero attached hydrogens (tertiary/aromatic N) is 3. The van der Waals surface area contributed by atoms with Crippen LogP contribution in [0, 0.1) is 17.8 Å². The minimum atomic E-state index is -4.39. The molecule has 0 unspecified atom stereocenters. The Hall–Kier alpha value is -1.79. The Balaban J connectivity index is 1.33. The quantitative estimate of drug-likeness (QED) is 0.540. The standard InChI is InChI=1S/C28H38N3O4P/c1-18-11-19-13-20(12-18)15-23(14-19)30-21-5-4-6-22(30)17-24(16-21)31-27-8-3-2-7-25(27)29-26(28(31)32)9-10-36(33,34)35/h2-3,7-10,18-24H,4-6,11-17H2,1H3,(H2,33,34,35)/b10-9+/t18-,19-,20+,21-,22+,23+,24+. The van der Waals surface area contributed by atoms with Gasteiger partial charge in [0.2, 0.25) is 0 Å². The fourth-order valence-corrected chi connectivity index (χ4v) is 8.74. The molecule has 4 aliphatic rings. The molecule has 2 saturated heterocycles. The normalized spacial score (nSPS) is 35.4. The first-order valence-corrected chi connectivity index (χ1v) is 15.5. The first kappa shape index (κ1) is 24.5. The summed E-state index contributed by atoms with van der Waals surface area (Å²) in [5.74, 6) is 3.42. The zero-order valence-electron chi connectivity index (χ0n) is 21.1. The highest BCUT2D eigenvalue weighted by atomic mass is 31.2. The average Bonchev–Trinajstić information content (AvgIpc) is 2.80. The third-order valence-electron chi connectivity index (χ3n) is 9.39. The van der Waals surface area contributed by atoms with Gasteiger partial charge in [-0.05, 0) is 93.7 Å². The Morgan fingerprint density at radius 2 is 1.58 bits per heavy atom.